The number of rotatable bonds is 4. The van der Waals surface area contributed by atoms with Gasteiger partial charge in [0.25, 0.3) is 5.91 Å². The summed E-state index contributed by atoms with van der Waals surface area (Å²) in [5.41, 5.74) is 8.27. The molecule has 132 valence electrons. The van der Waals surface area contributed by atoms with E-state index in [-0.39, 0.29) is 24.4 Å². The number of anilines is 1. The van der Waals surface area contributed by atoms with Crippen LogP contribution < -0.4 is 11.1 Å². The maximum atomic E-state index is 12.2. The zero-order valence-electron chi connectivity index (χ0n) is 13.4. The fraction of sp³-hybridized carbons (Fsp3) is 0.294. The first-order valence-electron chi connectivity index (χ1n) is 7.92. The van der Waals surface area contributed by atoms with Gasteiger partial charge in [0.1, 0.15) is 6.10 Å². The molecule has 25 heavy (non-hydrogen) atoms. The van der Waals surface area contributed by atoms with Crippen LogP contribution in [0.15, 0.2) is 42.0 Å². The number of nitrogens with zero attached hydrogens (tertiary/aromatic N) is 2. The molecule has 1 saturated heterocycles. The van der Waals surface area contributed by atoms with Crippen LogP contribution in [0.2, 0.25) is 0 Å². The van der Waals surface area contributed by atoms with E-state index in [0.29, 0.717) is 6.54 Å². The molecule has 0 aliphatic carbocycles. The Balaban J connectivity index is 0.00000182. The van der Waals surface area contributed by atoms with E-state index in [9.17, 15) is 4.79 Å². The predicted molar refractivity (Wildman–Crippen MR) is 101 cm³/mol. The van der Waals surface area contributed by atoms with E-state index in [1.165, 1.54) is 0 Å². The van der Waals surface area contributed by atoms with Gasteiger partial charge in [0, 0.05) is 35.6 Å². The molecule has 0 spiro atoms. The number of ether oxygens (including phenoxy) is 1. The fourth-order valence-corrected chi connectivity index (χ4v) is 3.59. The summed E-state index contributed by atoms with van der Waals surface area (Å²) in [5, 5.41) is 4.91. The van der Waals surface area contributed by atoms with Gasteiger partial charge in [-0.1, -0.05) is 12.1 Å². The molecule has 0 unspecified atom stereocenters. The molecule has 3 aromatic rings. The van der Waals surface area contributed by atoms with E-state index in [2.05, 4.69) is 10.3 Å². The molecule has 8 heteroatoms. The molecule has 1 amide bonds. The first kappa shape index (κ1) is 17.9. The van der Waals surface area contributed by atoms with Crippen LogP contribution in [0.3, 0.4) is 0 Å². The first-order valence-corrected chi connectivity index (χ1v) is 8.80. The molecule has 1 aliphatic rings. The Bertz CT molecular complexity index is 833. The standard InChI is InChI=1S/C17H18N4O2S.ClH/c18-9-13-5-6-15(23-13)16(22)19-12-3-1-11(2-4-12)14-10-21-7-8-24-17(21)20-14;/h1-4,7-8,10,13,15H,5-6,9,18H2,(H,19,22);1H/t13-,15+;/m1./s1. The summed E-state index contributed by atoms with van der Waals surface area (Å²) in [5.74, 6) is -0.110. The molecule has 4 rings (SSSR count). The SMILES string of the molecule is Cl.NC[C@H]1CC[C@@H](C(=O)Nc2ccc(-c3cn4ccsc4n3)cc2)O1. The summed E-state index contributed by atoms with van der Waals surface area (Å²) >= 11 is 1.60. The highest BCUT2D eigenvalue weighted by Crippen LogP contribution is 2.24. The van der Waals surface area contributed by atoms with E-state index in [1.54, 1.807) is 11.3 Å². The van der Waals surface area contributed by atoms with Crippen molar-refractivity contribution >= 4 is 40.3 Å². The number of thiazole rings is 1. The number of hydrogen-bond acceptors (Lipinski definition) is 5. The number of nitrogens with two attached hydrogens (primary N) is 1. The molecule has 1 aromatic carbocycles. The molecule has 2 aromatic heterocycles. The molecule has 1 fully saturated rings. The predicted octanol–water partition coefficient (Wildman–Crippen LogP) is 2.93. The fourth-order valence-electron chi connectivity index (χ4n) is 2.89. The third-order valence-corrected chi connectivity index (χ3v) is 4.98. The normalized spacial score (nSPS) is 19.7. The summed E-state index contributed by atoms with van der Waals surface area (Å²) in [6.45, 7) is 0.459. The topological polar surface area (TPSA) is 81.7 Å². The smallest absolute Gasteiger partial charge is 0.253 e. The van der Waals surface area contributed by atoms with Crippen molar-refractivity contribution in [1.82, 2.24) is 9.38 Å². The van der Waals surface area contributed by atoms with Crippen molar-refractivity contribution in [2.45, 2.75) is 25.0 Å². The number of halogens is 1. The molecule has 0 saturated carbocycles. The van der Waals surface area contributed by atoms with Gasteiger partial charge in [-0.25, -0.2) is 4.98 Å². The van der Waals surface area contributed by atoms with Gasteiger partial charge in [0.15, 0.2) is 4.96 Å². The minimum atomic E-state index is -0.404. The van der Waals surface area contributed by atoms with E-state index >= 15 is 0 Å². The van der Waals surface area contributed by atoms with Crippen molar-refractivity contribution in [3.05, 3.63) is 42.0 Å². The average molecular weight is 379 g/mol. The number of carbonyl (C=O) groups is 1. The van der Waals surface area contributed by atoms with Crippen LogP contribution in [-0.2, 0) is 9.53 Å². The van der Waals surface area contributed by atoms with Crippen molar-refractivity contribution in [2.24, 2.45) is 5.73 Å². The quantitative estimate of drug-likeness (QED) is 0.731. The van der Waals surface area contributed by atoms with E-state index in [1.807, 2.05) is 46.4 Å². The second-order valence-electron chi connectivity index (χ2n) is 5.85. The summed E-state index contributed by atoms with van der Waals surface area (Å²) in [6.07, 6.45) is 5.14. The zero-order valence-corrected chi connectivity index (χ0v) is 15.1. The van der Waals surface area contributed by atoms with Crippen LogP contribution in [-0.4, -0.2) is 34.0 Å². The minimum Gasteiger partial charge on any atom is -0.364 e. The molecule has 0 radical (unpaired) electrons. The Labute approximate surface area is 155 Å². The van der Waals surface area contributed by atoms with Crippen LogP contribution in [0.1, 0.15) is 12.8 Å². The highest BCUT2D eigenvalue weighted by molar-refractivity contribution is 7.15. The summed E-state index contributed by atoms with van der Waals surface area (Å²) in [7, 11) is 0. The minimum absolute atomic E-state index is 0. The molecule has 2 atom stereocenters. The lowest BCUT2D eigenvalue weighted by molar-refractivity contribution is -0.126. The van der Waals surface area contributed by atoms with E-state index in [4.69, 9.17) is 10.5 Å². The maximum Gasteiger partial charge on any atom is 0.253 e. The van der Waals surface area contributed by atoms with Gasteiger partial charge in [-0.15, -0.1) is 23.7 Å². The van der Waals surface area contributed by atoms with Crippen LogP contribution in [0.5, 0.6) is 0 Å². The van der Waals surface area contributed by atoms with Crippen LogP contribution in [0.4, 0.5) is 5.69 Å². The Hall–Kier alpha value is -1.93. The van der Waals surface area contributed by atoms with Gasteiger partial charge in [0.05, 0.1) is 11.8 Å². The van der Waals surface area contributed by atoms with Crippen LogP contribution >= 0.6 is 23.7 Å². The molecule has 0 bridgehead atoms. The van der Waals surface area contributed by atoms with Gasteiger partial charge in [-0.05, 0) is 25.0 Å². The molecule has 3 heterocycles. The largest absolute Gasteiger partial charge is 0.364 e. The van der Waals surface area contributed by atoms with Crippen molar-refractivity contribution in [2.75, 3.05) is 11.9 Å². The van der Waals surface area contributed by atoms with Crippen molar-refractivity contribution < 1.29 is 9.53 Å². The third kappa shape index (κ3) is 3.69. The summed E-state index contributed by atoms with van der Waals surface area (Å²) < 4.78 is 7.61. The van der Waals surface area contributed by atoms with Crippen molar-refractivity contribution in [3.8, 4) is 11.3 Å². The lowest BCUT2D eigenvalue weighted by atomic mass is 10.1. The second-order valence-corrected chi connectivity index (χ2v) is 6.72. The second kappa shape index (κ2) is 7.53. The van der Waals surface area contributed by atoms with E-state index in [0.717, 1.165) is 34.7 Å². The molecule has 6 nitrogen and oxygen atoms in total. The Kier molecular flexibility index (Phi) is 5.39. The number of fused-ring (bicyclic) bond motifs is 1. The Morgan fingerprint density at radius 2 is 2.16 bits per heavy atom. The number of aromatic nitrogens is 2. The maximum absolute atomic E-state index is 12.2. The lowest BCUT2D eigenvalue weighted by Crippen LogP contribution is -2.29. The molecule has 1 aliphatic heterocycles. The highest BCUT2D eigenvalue weighted by atomic mass is 35.5. The number of hydrogen-bond donors (Lipinski definition) is 2. The molecular weight excluding hydrogens is 360 g/mol. The number of carbonyl (C=O) groups excluding carboxylic acids is 1. The number of nitrogens with one attached hydrogen (secondary N) is 1. The van der Waals surface area contributed by atoms with Crippen molar-refractivity contribution in [1.29, 1.82) is 0 Å². The number of imidazole rings is 1. The van der Waals surface area contributed by atoms with Gasteiger partial charge >= 0.3 is 0 Å². The van der Waals surface area contributed by atoms with Crippen molar-refractivity contribution in [3.63, 3.8) is 0 Å². The molecule has 3 N–H and O–H groups in total. The van der Waals surface area contributed by atoms with E-state index < -0.39 is 6.10 Å². The lowest BCUT2D eigenvalue weighted by Gasteiger charge is -2.12. The summed E-state index contributed by atoms with van der Waals surface area (Å²) in [6, 6.07) is 7.69. The third-order valence-electron chi connectivity index (χ3n) is 4.20. The monoisotopic (exact) mass is 378 g/mol. The van der Waals surface area contributed by atoms with Crippen LogP contribution in [0.25, 0.3) is 16.2 Å². The van der Waals surface area contributed by atoms with Gasteiger partial charge in [-0.2, -0.15) is 0 Å². The Morgan fingerprint density at radius 1 is 1.36 bits per heavy atom. The Morgan fingerprint density at radius 3 is 2.84 bits per heavy atom. The average Bonchev–Trinajstić information content (AvgIpc) is 3.31. The van der Waals surface area contributed by atoms with Gasteiger partial charge in [-0.3, -0.25) is 9.20 Å². The van der Waals surface area contributed by atoms with Gasteiger partial charge in [0.2, 0.25) is 0 Å². The van der Waals surface area contributed by atoms with Gasteiger partial charge < -0.3 is 15.8 Å². The molecular formula is C17H19ClN4O2S. The number of amides is 1. The highest BCUT2D eigenvalue weighted by Gasteiger charge is 2.29. The van der Waals surface area contributed by atoms with Crippen LogP contribution in [0, 0.1) is 0 Å². The number of benzene rings is 1. The summed E-state index contributed by atoms with van der Waals surface area (Å²) in [4.78, 5) is 17.8. The zero-order chi connectivity index (χ0) is 16.5. The first-order chi connectivity index (χ1) is 11.7.